The van der Waals surface area contributed by atoms with Crippen molar-refractivity contribution in [1.82, 2.24) is 15.2 Å². The smallest absolute Gasteiger partial charge is 0.209 e. The third kappa shape index (κ3) is 3.12. The van der Waals surface area contributed by atoms with Crippen LogP contribution in [0, 0.1) is 0 Å². The molecular weight excluding hydrogens is 322 g/mol. The highest BCUT2D eigenvalue weighted by Crippen LogP contribution is 2.27. The fraction of sp³-hybridized carbons (Fsp3) is 0.0714. The van der Waals surface area contributed by atoms with Crippen LogP contribution in [0.5, 0.6) is 11.5 Å². The second kappa shape index (κ2) is 6.20. The average molecular weight is 333 g/mol. The maximum Gasteiger partial charge on any atom is 0.209 e. The number of hydrogen-bond donors (Lipinski definition) is 3. The first-order valence-corrected chi connectivity index (χ1v) is 8.14. The Morgan fingerprint density at radius 3 is 2.86 bits per heavy atom. The third-order valence-corrected chi connectivity index (χ3v) is 4.57. The molecule has 1 aromatic carbocycles. The summed E-state index contributed by atoms with van der Waals surface area (Å²) in [6.07, 6.45) is 0. The average Bonchev–Trinajstić information content (AvgIpc) is 3.18. The molecule has 0 saturated heterocycles. The van der Waals surface area contributed by atoms with E-state index in [1.54, 1.807) is 11.3 Å². The molecule has 6 nitrogen and oxygen atoms in total. The Morgan fingerprint density at radius 2 is 2.14 bits per heavy atom. The van der Waals surface area contributed by atoms with Gasteiger partial charge in [0.25, 0.3) is 0 Å². The van der Waals surface area contributed by atoms with Gasteiger partial charge in [0, 0.05) is 5.56 Å². The van der Waals surface area contributed by atoms with Gasteiger partial charge in [-0.05, 0) is 29.6 Å². The number of benzene rings is 1. The minimum Gasteiger partial charge on any atom is -0.504 e. The van der Waals surface area contributed by atoms with Gasteiger partial charge in [0.2, 0.25) is 5.16 Å². The molecule has 112 valence electrons. The molecular formula is C14H11N3O3S2. The molecule has 0 aliphatic rings. The molecule has 0 atom stereocenters. The van der Waals surface area contributed by atoms with Gasteiger partial charge in [-0.1, -0.05) is 17.8 Å². The van der Waals surface area contributed by atoms with Gasteiger partial charge in [0.15, 0.2) is 23.1 Å². The standard InChI is InChI=1S/C14H11N3O3S2/c18-9-4-3-8(6-10(9)19)11(20)7-22-14-15-13(16-17-14)12-2-1-5-21-12/h1-6,18-19H,7H2,(H,15,16,17). The number of rotatable bonds is 5. The number of nitrogens with zero attached hydrogens (tertiary/aromatic N) is 2. The van der Waals surface area contributed by atoms with Crippen molar-refractivity contribution >= 4 is 28.9 Å². The molecule has 0 bridgehead atoms. The van der Waals surface area contributed by atoms with Crippen LogP contribution < -0.4 is 0 Å². The van der Waals surface area contributed by atoms with E-state index in [0.29, 0.717) is 16.5 Å². The minimum absolute atomic E-state index is 0.145. The van der Waals surface area contributed by atoms with Crippen molar-refractivity contribution in [3.05, 3.63) is 41.3 Å². The van der Waals surface area contributed by atoms with Crippen molar-refractivity contribution in [2.45, 2.75) is 5.16 Å². The van der Waals surface area contributed by atoms with E-state index in [0.717, 1.165) is 4.88 Å². The highest BCUT2D eigenvalue weighted by atomic mass is 32.2. The Kier molecular flexibility index (Phi) is 4.12. The van der Waals surface area contributed by atoms with Crippen LogP contribution in [0.4, 0.5) is 0 Å². The number of aromatic hydroxyl groups is 2. The zero-order valence-corrected chi connectivity index (χ0v) is 12.8. The number of thioether (sulfide) groups is 1. The SMILES string of the molecule is O=C(CSc1n[nH]c(-c2cccs2)n1)c1ccc(O)c(O)c1. The van der Waals surface area contributed by atoms with Gasteiger partial charge < -0.3 is 10.2 Å². The molecule has 2 heterocycles. The van der Waals surface area contributed by atoms with Crippen LogP contribution in [0.3, 0.4) is 0 Å². The fourth-order valence-electron chi connectivity index (χ4n) is 1.74. The first kappa shape index (κ1) is 14.6. The maximum absolute atomic E-state index is 12.0. The first-order chi connectivity index (χ1) is 10.6. The highest BCUT2D eigenvalue weighted by molar-refractivity contribution is 7.99. The molecule has 8 heteroatoms. The molecule has 0 fully saturated rings. The minimum atomic E-state index is -0.311. The summed E-state index contributed by atoms with van der Waals surface area (Å²) >= 11 is 2.76. The summed E-state index contributed by atoms with van der Waals surface area (Å²) in [5, 5.41) is 28.0. The first-order valence-electron chi connectivity index (χ1n) is 6.28. The molecule has 3 rings (SSSR count). The largest absolute Gasteiger partial charge is 0.504 e. The number of carbonyl (C=O) groups is 1. The van der Waals surface area contributed by atoms with E-state index in [4.69, 9.17) is 0 Å². The summed E-state index contributed by atoms with van der Waals surface area (Å²) in [6.45, 7) is 0. The van der Waals surface area contributed by atoms with Crippen LogP contribution in [0.15, 0.2) is 40.9 Å². The molecule has 0 radical (unpaired) electrons. The topological polar surface area (TPSA) is 99.1 Å². The Bertz CT molecular complexity index is 800. The zero-order valence-electron chi connectivity index (χ0n) is 11.2. The predicted octanol–water partition coefficient (Wildman–Crippen LogP) is 2.92. The van der Waals surface area contributed by atoms with Crippen molar-refractivity contribution in [2.24, 2.45) is 0 Å². The zero-order chi connectivity index (χ0) is 15.5. The molecule has 0 unspecified atom stereocenters. The lowest BCUT2D eigenvalue weighted by Crippen LogP contribution is -2.02. The predicted molar refractivity (Wildman–Crippen MR) is 84.5 cm³/mol. The van der Waals surface area contributed by atoms with Gasteiger partial charge in [0.05, 0.1) is 10.6 Å². The number of hydrogen-bond acceptors (Lipinski definition) is 7. The summed E-state index contributed by atoms with van der Waals surface area (Å²) in [4.78, 5) is 17.3. The molecule has 3 N–H and O–H groups in total. The van der Waals surface area contributed by atoms with Crippen molar-refractivity contribution < 1.29 is 15.0 Å². The molecule has 0 amide bonds. The number of aromatic amines is 1. The van der Waals surface area contributed by atoms with E-state index in [2.05, 4.69) is 15.2 Å². The third-order valence-electron chi connectivity index (χ3n) is 2.85. The summed E-state index contributed by atoms with van der Waals surface area (Å²) in [6, 6.07) is 7.86. The van der Waals surface area contributed by atoms with Gasteiger partial charge in [-0.25, -0.2) is 4.98 Å². The number of thiophene rings is 1. The van der Waals surface area contributed by atoms with Crippen LogP contribution in [-0.2, 0) is 0 Å². The summed E-state index contributed by atoms with van der Waals surface area (Å²) in [5.74, 6) is 0.0776. The number of nitrogens with one attached hydrogen (secondary N) is 1. The Balaban J connectivity index is 1.65. The molecule has 0 saturated carbocycles. The summed E-state index contributed by atoms with van der Waals surface area (Å²) < 4.78 is 0. The summed E-state index contributed by atoms with van der Waals surface area (Å²) in [5.41, 5.74) is 0.330. The Hall–Kier alpha value is -2.32. The molecule has 0 spiro atoms. The van der Waals surface area contributed by atoms with Gasteiger partial charge in [0.1, 0.15) is 0 Å². The Morgan fingerprint density at radius 1 is 1.27 bits per heavy atom. The number of ketones is 1. The van der Waals surface area contributed by atoms with Gasteiger partial charge in [-0.15, -0.1) is 16.4 Å². The van der Waals surface area contributed by atoms with Gasteiger partial charge in [-0.3, -0.25) is 9.89 Å². The monoisotopic (exact) mass is 333 g/mol. The number of carbonyl (C=O) groups excluding carboxylic acids is 1. The van der Waals surface area contributed by atoms with E-state index < -0.39 is 0 Å². The van der Waals surface area contributed by atoms with Crippen LogP contribution >= 0.6 is 23.1 Å². The normalized spacial score (nSPS) is 10.7. The van der Waals surface area contributed by atoms with Gasteiger partial charge in [-0.2, -0.15) is 0 Å². The van der Waals surface area contributed by atoms with Crippen molar-refractivity contribution in [3.63, 3.8) is 0 Å². The van der Waals surface area contributed by atoms with Crippen LogP contribution in [-0.4, -0.2) is 36.9 Å². The second-order valence-corrected chi connectivity index (χ2v) is 6.25. The molecule has 0 aliphatic carbocycles. The molecule has 3 aromatic rings. The quantitative estimate of drug-likeness (QED) is 0.377. The van der Waals surface area contributed by atoms with Crippen LogP contribution in [0.25, 0.3) is 10.7 Å². The number of phenols is 2. The maximum atomic E-state index is 12.0. The lowest BCUT2D eigenvalue weighted by atomic mass is 10.1. The van der Waals surface area contributed by atoms with Crippen molar-refractivity contribution in [2.75, 3.05) is 5.75 Å². The molecule has 0 aliphatic heterocycles. The highest BCUT2D eigenvalue weighted by Gasteiger charge is 2.12. The van der Waals surface area contributed by atoms with E-state index in [9.17, 15) is 15.0 Å². The lowest BCUT2D eigenvalue weighted by Gasteiger charge is -2.01. The van der Waals surface area contributed by atoms with Crippen LogP contribution in [0.1, 0.15) is 10.4 Å². The van der Waals surface area contributed by atoms with E-state index in [1.165, 1.54) is 30.0 Å². The van der Waals surface area contributed by atoms with E-state index in [1.807, 2.05) is 17.5 Å². The molecule has 2 aromatic heterocycles. The lowest BCUT2D eigenvalue weighted by molar-refractivity contribution is 0.102. The van der Waals surface area contributed by atoms with E-state index in [-0.39, 0.29) is 23.0 Å². The van der Waals surface area contributed by atoms with E-state index >= 15 is 0 Å². The molecule has 22 heavy (non-hydrogen) atoms. The number of H-pyrrole nitrogens is 1. The van der Waals surface area contributed by atoms with Crippen molar-refractivity contribution in [1.29, 1.82) is 0 Å². The van der Waals surface area contributed by atoms with Crippen molar-refractivity contribution in [3.8, 4) is 22.2 Å². The Labute approximate surface area is 133 Å². The number of aromatic nitrogens is 3. The summed E-state index contributed by atoms with van der Waals surface area (Å²) in [7, 11) is 0. The second-order valence-electron chi connectivity index (χ2n) is 4.36. The fourth-order valence-corrected chi connectivity index (χ4v) is 3.10. The van der Waals surface area contributed by atoms with Gasteiger partial charge >= 0.3 is 0 Å². The van der Waals surface area contributed by atoms with Crippen LogP contribution in [0.2, 0.25) is 0 Å². The number of phenolic OH excluding ortho intramolecular Hbond substituents is 2. The number of Topliss-reactive ketones (excluding diaryl/α,β-unsaturated/α-hetero) is 1.